The average Bonchev–Trinajstić information content (AvgIpc) is 2.45. The van der Waals surface area contributed by atoms with Gasteiger partial charge in [0.15, 0.2) is 0 Å². The molecular formula is C15H20N4. The zero-order chi connectivity index (χ0) is 13.7. The van der Waals surface area contributed by atoms with Crippen molar-refractivity contribution in [2.24, 2.45) is 5.73 Å². The van der Waals surface area contributed by atoms with Crippen molar-refractivity contribution in [3.63, 3.8) is 0 Å². The summed E-state index contributed by atoms with van der Waals surface area (Å²) in [7, 11) is 0. The summed E-state index contributed by atoms with van der Waals surface area (Å²) < 4.78 is 0. The summed E-state index contributed by atoms with van der Waals surface area (Å²) in [5.74, 6) is 1.16. The smallest absolute Gasteiger partial charge is 0.223 e. The van der Waals surface area contributed by atoms with E-state index < -0.39 is 0 Å². The molecule has 2 rings (SSSR count). The molecule has 0 saturated carbocycles. The third kappa shape index (κ3) is 3.51. The van der Waals surface area contributed by atoms with E-state index in [0.29, 0.717) is 25.0 Å². The van der Waals surface area contributed by atoms with Crippen molar-refractivity contribution >= 4 is 5.95 Å². The van der Waals surface area contributed by atoms with Crippen LogP contribution in [0.1, 0.15) is 25.3 Å². The molecule has 1 heterocycles. The third-order valence-electron chi connectivity index (χ3n) is 2.96. The van der Waals surface area contributed by atoms with E-state index in [2.05, 4.69) is 53.4 Å². The van der Waals surface area contributed by atoms with Crippen molar-refractivity contribution in [2.75, 3.05) is 18.4 Å². The number of rotatable bonds is 5. The fraction of sp³-hybridized carbons (Fsp3) is 0.333. The Bertz CT molecular complexity index is 520. The van der Waals surface area contributed by atoms with Crippen LogP contribution < -0.4 is 11.1 Å². The molecule has 19 heavy (non-hydrogen) atoms. The zero-order valence-corrected chi connectivity index (χ0v) is 11.4. The topological polar surface area (TPSA) is 63.8 Å². The minimum Gasteiger partial charge on any atom is -0.353 e. The first-order valence-corrected chi connectivity index (χ1v) is 6.58. The van der Waals surface area contributed by atoms with Gasteiger partial charge < -0.3 is 11.1 Å². The Labute approximate surface area is 114 Å². The second-order valence-electron chi connectivity index (χ2n) is 4.76. The van der Waals surface area contributed by atoms with Crippen LogP contribution in [0, 0.1) is 0 Å². The maximum absolute atomic E-state index is 5.45. The highest BCUT2D eigenvalue weighted by Gasteiger charge is 2.03. The highest BCUT2D eigenvalue weighted by molar-refractivity contribution is 5.60. The lowest BCUT2D eigenvalue weighted by Crippen LogP contribution is -2.14. The summed E-state index contributed by atoms with van der Waals surface area (Å²) in [6.07, 6.45) is 1.76. The fourth-order valence-corrected chi connectivity index (χ4v) is 1.83. The molecule has 0 amide bonds. The van der Waals surface area contributed by atoms with Gasteiger partial charge in [-0.25, -0.2) is 9.97 Å². The highest BCUT2D eigenvalue weighted by atomic mass is 15.1. The molecule has 0 aliphatic carbocycles. The maximum Gasteiger partial charge on any atom is 0.223 e. The van der Waals surface area contributed by atoms with Gasteiger partial charge in [-0.2, -0.15) is 0 Å². The number of nitrogens with zero attached hydrogens (tertiary/aromatic N) is 2. The Morgan fingerprint density at radius 3 is 2.53 bits per heavy atom. The first-order chi connectivity index (χ1) is 9.20. The molecule has 0 atom stereocenters. The molecule has 1 aromatic carbocycles. The monoisotopic (exact) mass is 256 g/mol. The SMILES string of the molecule is CC(C)c1ccc(-c2ccnc(NCCN)n2)cc1. The van der Waals surface area contributed by atoms with E-state index in [-0.39, 0.29) is 0 Å². The minimum atomic E-state index is 0.543. The summed E-state index contributed by atoms with van der Waals surface area (Å²) >= 11 is 0. The van der Waals surface area contributed by atoms with Crippen LogP contribution >= 0.6 is 0 Å². The zero-order valence-electron chi connectivity index (χ0n) is 11.4. The van der Waals surface area contributed by atoms with E-state index in [9.17, 15) is 0 Å². The molecule has 1 aromatic heterocycles. The van der Waals surface area contributed by atoms with Gasteiger partial charge in [-0.15, -0.1) is 0 Å². The molecule has 2 aromatic rings. The molecule has 4 nitrogen and oxygen atoms in total. The molecule has 3 N–H and O–H groups in total. The quantitative estimate of drug-likeness (QED) is 0.863. The lowest BCUT2D eigenvalue weighted by Gasteiger charge is -2.08. The minimum absolute atomic E-state index is 0.543. The lowest BCUT2D eigenvalue weighted by atomic mass is 10.0. The van der Waals surface area contributed by atoms with E-state index in [1.165, 1.54) is 5.56 Å². The maximum atomic E-state index is 5.45. The van der Waals surface area contributed by atoms with Crippen LogP contribution in [0.2, 0.25) is 0 Å². The highest BCUT2D eigenvalue weighted by Crippen LogP contribution is 2.21. The van der Waals surface area contributed by atoms with Crippen LogP contribution in [0.5, 0.6) is 0 Å². The van der Waals surface area contributed by atoms with Gasteiger partial charge in [0.2, 0.25) is 5.95 Å². The average molecular weight is 256 g/mol. The molecular weight excluding hydrogens is 236 g/mol. The lowest BCUT2D eigenvalue weighted by molar-refractivity contribution is 0.867. The van der Waals surface area contributed by atoms with E-state index in [1.807, 2.05) is 6.07 Å². The standard InChI is InChI=1S/C15H20N4/c1-11(2)12-3-5-13(6-4-12)14-7-9-17-15(19-14)18-10-8-16/h3-7,9,11H,8,10,16H2,1-2H3,(H,17,18,19). The van der Waals surface area contributed by atoms with Crippen molar-refractivity contribution in [3.8, 4) is 11.3 Å². The van der Waals surface area contributed by atoms with E-state index >= 15 is 0 Å². The number of hydrogen-bond acceptors (Lipinski definition) is 4. The van der Waals surface area contributed by atoms with Gasteiger partial charge in [0.1, 0.15) is 0 Å². The summed E-state index contributed by atoms with van der Waals surface area (Å²) in [4.78, 5) is 8.65. The van der Waals surface area contributed by atoms with E-state index in [4.69, 9.17) is 5.73 Å². The molecule has 0 radical (unpaired) electrons. The molecule has 0 bridgehead atoms. The second-order valence-corrected chi connectivity index (χ2v) is 4.76. The summed E-state index contributed by atoms with van der Waals surface area (Å²) in [6.45, 7) is 5.62. The van der Waals surface area contributed by atoms with Crippen molar-refractivity contribution in [1.29, 1.82) is 0 Å². The predicted molar refractivity (Wildman–Crippen MR) is 79.1 cm³/mol. The van der Waals surface area contributed by atoms with Crippen LogP contribution in [0.3, 0.4) is 0 Å². The Morgan fingerprint density at radius 2 is 1.89 bits per heavy atom. The summed E-state index contributed by atoms with van der Waals surface area (Å²) in [5, 5.41) is 3.09. The number of benzene rings is 1. The number of aromatic nitrogens is 2. The molecule has 0 aliphatic rings. The Kier molecular flexibility index (Phi) is 4.47. The molecule has 0 aliphatic heterocycles. The van der Waals surface area contributed by atoms with Crippen molar-refractivity contribution in [1.82, 2.24) is 9.97 Å². The van der Waals surface area contributed by atoms with Crippen molar-refractivity contribution in [3.05, 3.63) is 42.1 Å². The van der Waals surface area contributed by atoms with E-state index in [1.54, 1.807) is 6.20 Å². The van der Waals surface area contributed by atoms with Gasteiger partial charge in [-0.05, 0) is 17.5 Å². The van der Waals surface area contributed by atoms with Gasteiger partial charge in [-0.3, -0.25) is 0 Å². The van der Waals surface area contributed by atoms with Crippen molar-refractivity contribution < 1.29 is 0 Å². The first kappa shape index (κ1) is 13.5. The Balaban J connectivity index is 2.21. The number of anilines is 1. The summed E-state index contributed by atoms with van der Waals surface area (Å²) in [5.41, 5.74) is 8.81. The normalized spacial score (nSPS) is 10.7. The van der Waals surface area contributed by atoms with Gasteiger partial charge >= 0.3 is 0 Å². The Hall–Kier alpha value is -1.94. The van der Waals surface area contributed by atoms with Gasteiger partial charge in [0, 0.05) is 24.8 Å². The predicted octanol–water partition coefficient (Wildman–Crippen LogP) is 2.64. The Morgan fingerprint density at radius 1 is 1.16 bits per heavy atom. The van der Waals surface area contributed by atoms with Gasteiger partial charge in [0.25, 0.3) is 0 Å². The van der Waals surface area contributed by atoms with Crippen molar-refractivity contribution in [2.45, 2.75) is 19.8 Å². The molecule has 0 spiro atoms. The molecule has 0 unspecified atom stereocenters. The van der Waals surface area contributed by atoms with Crippen LogP contribution in [0.4, 0.5) is 5.95 Å². The van der Waals surface area contributed by atoms with E-state index in [0.717, 1.165) is 11.3 Å². The molecule has 0 fully saturated rings. The van der Waals surface area contributed by atoms with Gasteiger partial charge in [0.05, 0.1) is 5.69 Å². The number of nitrogens with one attached hydrogen (secondary N) is 1. The summed E-state index contributed by atoms with van der Waals surface area (Å²) in [6, 6.07) is 10.4. The van der Waals surface area contributed by atoms with Crippen LogP contribution in [0.25, 0.3) is 11.3 Å². The second kappa shape index (κ2) is 6.29. The van der Waals surface area contributed by atoms with Crippen LogP contribution in [-0.4, -0.2) is 23.1 Å². The first-order valence-electron chi connectivity index (χ1n) is 6.58. The molecule has 4 heteroatoms. The third-order valence-corrected chi connectivity index (χ3v) is 2.96. The van der Waals surface area contributed by atoms with Gasteiger partial charge in [-0.1, -0.05) is 38.1 Å². The number of nitrogens with two attached hydrogens (primary N) is 1. The fourth-order valence-electron chi connectivity index (χ4n) is 1.83. The van der Waals surface area contributed by atoms with Crippen LogP contribution in [0.15, 0.2) is 36.5 Å². The molecule has 0 saturated heterocycles. The largest absolute Gasteiger partial charge is 0.353 e. The molecule has 100 valence electrons. The van der Waals surface area contributed by atoms with Crippen LogP contribution in [-0.2, 0) is 0 Å². The number of hydrogen-bond donors (Lipinski definition) is 2.